The van der Waals surface area contributed by atoms with Crippen molar-refractivity contribution in [3.63, 3.8) is 0 Å². The van der Waals surface area contributed by atoms with Crippen LogP contribution in [0.2, 0.25) is 0 Å². The Morgan fingerprint density at radius 2 is 2.88 bits per heavy atom. The molecule has 8 heavy (non-hydrogen) atoms. The minimum atomic E-state index is 0.837. The summed E-state index contributed by atoms with van der Waals surface area (Å²) in [4.78, 5) is 4.00. The topological polar surface area (TPSA) is 12.9 Å². The molecule has 1 heterocycles. The van der Waals surface area contributed by atoms with Gasteiger partial charge in [0, 0.05) is 6.42 Å². The molecule has 0 fully saturated rings. The Labute approximate surface area is 52.7 Å². The molecule has 1 rings (SSSR count). The Balaban J connectivity index is 2.62. The second kappa shape index (κ2) is 2.62. The van der Waals surface area contributed by atoms with Crippen molar-refractivity contribution in [2.45, 2.75) is 6.42 Å². The van der Waals surface area contributed by atoms with Crippen molar-refractivity contribution in [1.82, 2.24) is 4.98 Å². The van der Waals surface area contributed by atoms with Crippen LogP contribution < -0.4 is 0 Å². The lowest BCUT2D eigenvalue weighted by atomic mass is 10.3. The monoisotopic (exact) mass is 124 g/mol. The zero-order chi connectivity index (χ0) is 5.82. The highest BCUT2D eigenvalue weighted by Gasteiger charge is 1.87. The summed E-state index contributed by atoms with van der Waals surface area (Å²) < 4.78 is 0. The first-order chi connectivity index (χ1) is 3.93. The van der Waals surface area contributed by atoms with Crippen LogP contribution in [-0.2, 0) is 6.42 Å². The fraction of sp³-hybridized carbons (Fsp3) is 0.167. The summed E-state index contributed by atoms with van der Waals surface area (Å²) in [5.74, 6) is 0. The van der Waals surface area contributed by atoms with E-state index in [9.17, 15) is 0 Å². The third kappa shape index (κ3) is 1.17. The summed E-state index contributed by atoms with van der Waals surface area (Å²) in [5.41, 5.74) is 2.77. The number of allylic oxidation sites excluding steroid dienone is 1. The van der Waals surface area contributed by atoms with Gasteiger partial charge in [-0.25, -0.2) is 4.98 Å². The lowest BCUT2D eigenvalue weighted by Crippen LogP contribution is -1.76. The fourth-order valence-electron chi connectivity index (χ4n) is 0.442. The average Bonchev–Trinajstić information content (AvgIpc) is 2.19. The van der Waals surface area contributed by atoms with Crippen LogP contribution in [0.4, 0.5) is 0 Å². The van der Waals surface area contributed by atoms with Crippen LogP contribution in [0.3, 0.4) is 0 Å². The Morgan fingerprint density at radius 1 is 2.00 bits per heavy atom. The Morgan fingerprint density at radius 3 is 3.38 bits per heavy atom. The lowest BCUT2D eigenvalue weighted by Gasteiger charge is -1.79. The Hall–Kier alpha value is -0.630. The Bertz CT molecular complexity index is 155. The van der Waals surface area contributed by atoms with Crippen LogP contribution in [0.15, 0.2) is 18.2 Å². The molecule has 0 bridgehead atoms. The third-order valence-electron chi connectivity index (χ3n) is 0.776. The van der Waals surface area contributed by atoms with Crippen molar-refractivity contribution in [2.24, 2.45) is 0 Å². The summed E-state index contributed by atoms with van der Waals surface area (Å²) >= 11 is 1.50. The molecule has 0 aliphatic rings. The van der Waals surface area contributed by atoms with E-state index in [2.05, 4.69) is 16.9 Å². The number of nitrogens with zero attached hydrogens (tertiary/aromatic N) is 1. The molecule has 0 unspecified atom stereocenters. The van der Waals surface area contributed by atoms with Crippen molar-refractivity contribution in [2.75, 3.05) is 0 Å². The van der Waals surface area contributed by atoms with Crippen molar-refractivity contribution >= 4 is 11.3 Å². The normalized spacial score (nSPS) is 9.00. The first kappa shape index (κ1) is 5.51. The van der Waals surface area contributed by atoms with E-state index in [0.29, 0.717) is 0 Å². The SMILES string of the molecule is C=CCc1[c]scn1. The smallest absolute Gasteiger partial charge is 0.0801 e. The molecule has 1 aromatic rings. The second-order valence-electron chi connectivity index (χ2n) is 1.39. The van der Waals surface area contributed by atoms with Crippen molar-refractivity contribution in [3.05, 3.63) is 29.2 Å². The van der Waals surface area contributed by atoms with Gasteiger partial charge in [-0.2, -0.15) is 0 Å². The highest BCUT2D eigenvalue weighted by molar-refractivity contribution is 7.07. The van der Waals surface area contributed by atoms with E-state index in [4.69, 9.17) is 0 Å². The van der Waals surface area contributed by atoms with E-state index in [-0.39, 0.29) is 0 Å². The van der Waals surface area contributed by atoms with Gasteiger partial charge in [-0.1, -0.05) is 6.08 Å². The van der Waals surface area contributed by atoms with Gasteiger partial charge in [-0.3, -0.25) is 0 Å². The van der Waals surface area contributed by atoms with Crippen molar-refractivity contribution in [3.8, 4) is 0 Å². The molecule has 0 amide bonds. The summed E-state index contributed by atoms with van der Waals surface area (Å²) in [6.45, 7) is 3.58. The van der Waals surface area contributed by atoms with Crippen LogP contribution in [0.25, 0.3) is 0 Å². The zero-order valence-electron chi connectivity index (χ0n) is 4.42. The zero-order valence-corrected chi connectivity index (χ0v) is 5.24. The first-order valence-electron chi connectivity index (χ1n) is 2.34. The molecule has 1 aromatic heterocycles. The van der Waals surface area contributed by atoms with Gasteiger partial charge in [0.15, 0.2) is 0 Å². The largest absolute Gasteiger partial charge is 0.249 e. The lowest BCUT2D eigenvalue weighted by molar-refractivity contribution is 1.15. The van der Waals surface area contributed by atoms with E-state index < -0.39 is 0 Å². The highest BCUT2D eigenvalue weighted by atomic mass is 32.1. The molecular weight excluding hydrogens is 118 g/mol. The van der Waals surface area contributed by atoms with Gasteiger partial charge >= 0.3 is 0 Å². The highest BCUT2D eigenvalue weighted by Crippen LogP contribution is 1.99. The maximum atomic E-state index is 4.00. The van der Waals surface area contributed by atoms with Crippen LogP contribution in [-0.4, -0.2) is 4.98 Å². The minimum Gasteiger partial charge on any atom is -0.249 e. The molecule has 41 valence electrons. The van der Waals surface area contributed by atoms with Gasteiger partial charge < -0.3 is 0 Å². The van der Waals surface area contributed by atoms with Gasteiger partial charge in [-0.05, 0) is 0 Å². The quantitative estimate of drug-likeness (QED) is 0.546. The maximum Gasteiger partial charge on any atom is 0.0801 e. The van der Waals surface area contributed by atoms with Crippen LogP contribution >= 0.6 is 11.3 Å². The molecule has 2 heteroatoms. The minimum absolute atomic E-state index is 0.837. The van der Waals surface area contributed by atoms with Gasteiger partial charge in [0.1, 0.15) is 0 Å². The van der Waals surface area contributed by atoms with E-state index in [1.807, 2.05) is 6.08 Å². The van der Waals surface area contributed by atoms with E-state index in [0.717, 1.165) is 12.1 Å². The predicted molar refractivity (Wildman–Crippen MR) is 34.9 cm³/mol. The van der Waals surface area contributed by atoms with Gasteiger partial charge in [-0.15, -0.1) is 17.9 Å². The average molecular weight is 124 g/mol. The number of rotatable bonds is 2. The molecule has 0 aliphatic carbocycles. The van der Waals surface area contributed by atoms with Crippen LogP contribution in [0.1, 0.15) is 5.69 Å². The van der Waals surface area contributed by atoms with Gasteiger partial charge in [0.2, 0.25) is 0 Å². The molecule has 0 spiro atoms. The van der Waals surface area contributed by atoms with E-state index in [1.165, 1.54) is 11.3 Å². The van der Waals surface area contributed by atoms with E-state index >= 15 is 0 Å². The van der Waals surface area contributed by atoms with Crippen molar-refractivity contribution in [1.29, 1.82) is 0 Å². The summed E-state index contributed by atoms with van der Waals surface area (Å²) in [6.07, 6.45) is 2.66. The molecule has 0 aliphatic heterocycles. The standard InChI is InChI=1S/C6H6NS/c1-2-3-6-4-8-5-7-6/h2,5H,1,3H2. The molecule has 0 N–H and O–H groups in total. The summed E-state index contributed by atoms with van der Waals surface area (Å²) in [7, 11) is 0. The molecule has 1 nitrogen and oxygen atoms in total. The van der Waals surface area contributed by atoms with E-state index in [1.54, 1.807) is 5.51 Å². The third-order valence-corrected chi connectivity index (χ3v) is 1.34. The molecule has 0 saturated carbocycles. The number of hydrogen-bond donors (Lipinski definition) is 0. The maximum absolute atomic E-state index is 4.00. The summed E-state index contributed by atoms with van der Waals surface area (Å²) in [5, 5.41) is 3.00. The number of thiazole rings is 1. The predicted octanol–water partition coefficient (Wildman–Crippen LogP) is 1.67. The molecule has 1 radical (unpaired) electrons. The fourth-order valence-corrected chi connectivity index (χ4v) is 0.947. The van der Waals surface area contributed by atoms with Crippen LogP contribution in [0, 0.1) is 5.38 Å². The van der Waals surface area contributed by atoms with Gasteiger partial charge in [0.25, 0.3) is 0 Å². The molecule has 0 saturated heterocycles. The number of hydrogen-bond acceptors (Lipinski definition) is 2. The number of aromatic nitrogens is 1. The Kier molecular flexibility index (Phi) is 1.80. The van der Waals surface area contributed by atoms with Gasteiger partial charge in [0.05, 0.1) is 16.6 Å². The molecular formula is C6H6NS. The summed E-state index contributed by atoms with van der Waals surface area (Å²) in [6, 6.07) is 0. The van der Waals surface area contributed by atoms with Crippen molar-refractivity contribution < 1.29 is 0 Å². The first-order valence-corrected chi connectivity index (χ1v) is 3.22. The second-order valence-corrected chi connectivity index (χ2v) is 2.04. The molecule has 0 atom stereocenters. The van der Waals surface area contributed by atoms with Crippen LogP contribution in [0.5, 0.6) is 0 Å². The molecule has 0 aromatic carbocycles.